The topological polar surface area (TPSA) is 48.0 Å². The Morgan fingerprint density at radius 1 is 1.22 bits per heavy atom. The van der Waals surface area contributed by atoms with Crippen LogP contribution in [0.2, 0.25) is 0 Å². The molecule has 32 heavy (non-hydrogen) atoms. The maximum Gasteiger partial charge on any atom is 0.307 e. The SMILES string of the molecule is Cc1cc(OCc2cccc(F)c2F)ccc1C1CN(CCC(=O)OC(C)(C)C)CCO1. The first-order valence-electron chi connectivity index (χ1n) is 10.8. The molecule has 2 aromatic rings. The molecule has 0 spiro atoms. The summed E-state index contributed by atoms with van der Waals surface area (Å²) in [7, 11) is 0. The van der Waals surface area contributed by atoms with Gasteiger partial charge in [0.25, 0.3) is 0 Å². The summed E-state index contributed by atoms with van der Waals surface area (Å²) in [5.74, 6) is -1.40. The van der Waals surface area contributed by atoms with Gasteiger partial charge in [-0.1, -0.05) is 18.2 Å². The van der Waals surface area contributed by atoms with Crippen LogP contribution < -0.4 is 4.74 Å². The zero-order valence-corrected chi connectivity index (χ0v) is 19.1. The van der Waals surface area contributed by atoms with Crippen molar-refractivity contribution < 1.29 is 27.8 Å². The quantitative estimate of drug-likeness (QED) is 0.562. The van der Waals surface area contributed by atoms with Gasteiger partial charge in [-0.05, 0) is 57.0 Å². The fourth-order valence-electron chi connectivity index (χ4n) is 3.66. The predicted octanol–water partition coefficient (Wildman–Crippen LogP) is 4.96. The highest BCUT2D eigenvalue weighted by Crippen LogP contribution is 2.28. The van der Waals surface area contributed by atoms with E-state index < -0.39 is 17.2 Å². The van der Waals surface area contributed by atoms with E-state index in [0.29, 0.717) is 31.9 Å². The number of morpholine rings is 1. The molecule has 3 rings (SSSR count). The van der Waals surface area contributed by atoms with Crippen LogP contribution in [0.4, 0.5) is 8.78 Å². The summed E-state index contributed by atoms with van der Waals surface area (Å²) < 4.78 is 44.2. The van der Waals surface area contributed by atoms with Crippen LogP contribution >= 0.6 is 0 Å². The Balaban J connectivity index is 1.57. The summed E-state index contributed by atoms with van der Waals surface area (Å²) in [4.78, 5) is 14.2. The molecule has 2 aromatic carbocycles. The third kappa shape index (κ3) is 6.74. The Morgan fingerprint density at radius 2 is 2.00 bits per heavy atom. The van der Waals surface area contributed by atoms with Gasteiger partial charge < -0.3 is 14.2 Å². The fourth-order valence-corrected chi connectivity index (χ4v) is 3.66. The molecule has 1 unspecified atom stereocenters. The Kier molecular flexibility index (Phi) is 7.85. The van der Waals surface area contributed by atoms with Crippen molar-refractivity contribution >= 4 is 5.97 Å². The van der Waals surface area contributed by atoms with Crippen LogP contribution in [0, 0.1) is 18.6 Å². The Bertz CT molecular complexity index is 942. The normalized spacial score (nSPS) is 17.2. The monoisotopic (exact) mass is 447 g/mol. The molecule has 0 N–H and O–H groups in total. The van der Waals surface area contributed by atoms with Crippen molar-refractivity contribution in [3.63, 3.8) is 0 Å². The number of nitrogens with zero attached hydrogens (tertiary/aromatic N) is 1. The van der Waals surface area contributed by atoms with E-state index >= 15 is 0 Å². The number of aryl methyl sites for hydroxylation is 1. The van der Waals surface area contributed by atoms with E-state index in [9.17, 15) is 13.6 Å². The number of carbonyl (C=O) groups excluding carboxylic acids is 1. The van der Waals surface area contributed by atoms with Crippen LogP contribution in [-0.2, 0) is 20.9 Å². The van der Waals surface area contributed by atoms with Gasteiger partial charge in [-0.3, -0.25) is 9.69 Å². The number of esters is 1. The van der Waals surface area contributed by atoms with Crippen LogP contribution in [0.5, 0.6) is 5.75 Å². The van der Waals surface area contributed by atoms with Crippen molar-refractivity contribution in [2.75, 3.05) is 26.2 Å². The molecule has 0 bridgehead atoms. The molecule has 1 heterocycles. The summed E-state index contributed by atoms with van der Waals surface area (Å²) in [6.45, 7) is 10.1. The van der Waals surface area contributed by atoms with E-state index in [2.05, 4.69) is 4.90 Å². The molecule has 0 amide bonds. The summed E-state index contributed by atoms with van der Waals surface area (Å²) >= 11 is 0. The smallest absolute Gasteiger partial charge is 0.307 e. The average Bonchev–Trinajstić information content (AvgIpc) is 2.72. The van der Waals surface area contributed by atoms with Gasteiger partial charge >= 0.3 is 5.97 Å². The molecule has 0 radical (unpaired) electrons. The lowest BCUT2D eigenvalue weighted by atomic mass is 10.0. The number of benzene rings is 2. The molecule has 1 fully saturated rings. The Hall–Kier alpha value is -2.51. The second kappa shape index (κ2) is 10.4. The molecule has 174 valence electrons. The van der Waals surface area contributed by atoms with E-state index in [0.717, 1.165) is 23.7 Å². The van der Waals surface area contributed by atoms with Gasteiger partial charge in [0.05, 0.1) is 19.1 Å². The molecule has 1 saturated heterocycles. The Morgan fingerprint density at radius 3 is 2.72 bits per heavy atom. The van der Waals surface area contributed by atoms with Gasteiger partial charge in [0.2, 0.25) is 0 Å². The second-order valence-corrected chi connectivity index (χ2v) is 9.02. The predicted molar refractivity (Wildman–Crippen MR) is 117 cm³/mol. The first-order valence-corrected chi connectivity index (χ1v) is 10.8. The molecular formula is C25H31F2NO4. The minimum atomic E-state index is -0.886. The van der Waals surface area contributed by atoms with Crippen molar-refractivity contribution in [2.45, 2.75) is 52.4 Å². The molecular weight excluding hydrogens is 416 g/mol. The summed E-state index contributed by atoms with van der Waals surface area (Å²) in [5, 5.41) is 0. The van der Waals surface area contributed by atoms with E-state index in [-0.39, 0.29) is 24.2 Å². The fraction of sp³-hybridized carbons (Fsp3) is 0.480. The average molecular weight is 448 g/mol. The largest absolute Gasteiger partial charge is 0.489 e. The highest BCUT2D eigenvalue weighted by molar-refractivity contribution is 5.70. The van der Waals surface area contributed by atoms with Crippen molar-refractivity contribution in [3.05, 3.63) is 64.7 Å². The molecule has 1 aliphatic rings. The highest BCUT2D eigenvalue weighted by Gasteiger charge is 2.25. The van der Waals surface area contributed by atoms with E-state index in [1.54, 1.807) is 0 Å². The van der Waals surface area contributed by atoms with Crippen molar-refractivity contribution in [1.29, 1.82) is 0 Å². The van der Waals surface area contributed by atoms with E-state index in [1.807, 2.05) is 45.9 Å². The number of hydrogen-bond donors (Lipinski definition) is 0. The number of ether oxygens (including phenoxy) is 3. The van der Waals surface area contributed by atoms with Crippen LogP contribution in [0.1, 0.15) is 50.0 Å². The maximum atomic E-state index is 13.8. The lowest BCUT2D eigenvalue weighted by Crippen LogP contribution is -2.40. The molecule has 5 nitrogen and oxygen atoms in total. The summed E-state index contributed by atoms with van der Waals surface area (Å²) in [5.41, 5.74) is 1.71. The van der Waals surface area contributed by atoms with Crippen LogP contribution in [0.15, 0.2) is 36.4 Å². The number of hydrogen-bond acceptors (Lipinski definition) is 5. The van der Waals surface area contributed by atoms with Gasteiger partial charge in [-0.15, -0.1) is 0 Å². The standard InChI is InChI=1S/C25H31F2NO4/c1-17-14-19(31-16-18-6-5-7-21(26)24(18)27)8-9-20(17)22-15-28(12-13-30-22)11-10-23(29)32-25(2,3)4/h5-9,14,22H,10-13,15-16H2,1-4H3. The minimum Gasteiger partial charge on any atom is -0.489 e. The van der Waals surface area contributed by atoms with Gasteiger partial charge in [-0.25, -0.2) is 8.78 Å². The van der Waals surface area contributed by atoms with Crippen LogP contribution in [-0.4, -0.2) is 42.7 Å². The van der Waals surface area contributed by atoms with Gasteiger partial charge in [0.15, 0.2) is 11.6 Å². The number of carbonyl (C=O) groups is 1. The Labute approximate surface area is 188 Å². The molecule has 0 aromatic heterocycles. The van der Waals surface area contributed by atoms with Crippen molar-refractivity contribution in [2.24, 2.45) is 0 Å². The van der Waals surface area contributed by atoms with E-state index in [4.69, 9.17) is 14.2 Å². The third-order valence-corrected chi connectivity index (χ3v) is 5.22. The lowest BCUT2D eigenvalue weighted by Gasteiger charge is -2.33. The van der Waals surface area contributed by atoms with Crippen LogP contribution in [0.3, 0.4) is 0 Å². The first kappa shape index (κ1) is 24.1. The lowest BCUT2D eigenvalue weighted by molar-refractivity contribution is -0.155. The summed E-state index contributed by atoms with van der Waals surface area (Å²) in [6.07, 6.45) is 0.226. The number of rotatable bonds is 7. The maximum absolute atomic E-state index is 13.8. The molecule has 0 saturated carbocycles. The molecule has 7 heteroatoms. The van der Waals surface area contributed by atoms with Gasteiger partial charge in [0.1, 0.15) is 18.0 Å². The van der Waals surface area contributed by atoms with Gasteiger partial charge in [-0.2, -0.15) is 0 Å². The van der Waals surface area contributed by atoms with Gasteiger partial charge in [0, 0.05) is 25.2 Å². The highest BCUT2D eigenvalue weighted by atomic mass is 19.2. The zero-order chi connectivity index (χ0) is 23.3. The third-order valence-electron chi connectivity index (χ3n) is 5.22. The van der Waals surface area contributed by atoms with Crippen LogP contribution in [0.25, 0.3) is 0 Å². The molecule has 1 aliphatic heterocycles. The summed E-state index contributed by atoms with van der Waals surface area (Å²) in [6, 6.07) is 9.66. The van der Waals surface area contributed by atoms with Crippen molar-refractivity contribution in [1.82, 2.24) is 4.90 Å². The zero-order valence-electron chi connectivity index (χ0n) is 19.1. The second-order valence-electron chi connectivity index (χ2n) is 9.02. The first-order chi connectivity index (χ1) is 15.1. The molecule has 1 atom stereocenters. The number of halogens is 2. The molecule has 0 aliphatic carbocycles. The van der Waals surface area contributed by atoms with Crippen molar-refractivity contribution in [3.8, 4) is 5.75 Å². The minimum absolute atomic E-state index is 0.0548. The van der Waals surface area contributed by atoms with E-state index in [1.165, 1.54) is 12.1 Å².